The molecule has 0 aromatic heterocycles. The number of piperidine rings is 1. The molecule has 0 saturated carbocycles. The maximum atomic E-state index is 11.3. The second-order valence-corrected chi connectivity index (χ2v) is 9.13. The molecule has 1 aromatic rings. The summed E-state index contributed by atoms with van der Waals surface area (Å²) < 4.78 is 5.78. The number of likely N-dealkylation sites (tertiary alicyclic amines) is 1. The number of amides is 1. The number of rotatable bonds is 12. The lowest BCUT2D eigenvalue weighted by Crippen LogP contribution is -2.39. The Balaban J connectivity index is 0.00000544. The minimum atomic E-state index is -0.146. The van der Waals surface area contributed by atoms with Gasteiger partial charge in [-0.15, -0.1) is 24.0 Å². The largest absolute Gasteiger partial charge is 0.493 e. The molecule has 1 aliphatic heterocycles. The van der Waals surface area contributed by atoms with Crippen LogP contribution >= 0.6 is 24.0 Å². The van der Waals surface area contributed by atoms with Crippen LogP contribution in [0.4, 0.5) is 0 Å². The number of nitrogens with two attached hydrogens (primary N) is 1. The van der Waals surface area contributed by atoms with Crippen LogP contribution in [0.5, 0.6) is 5.75 Å². The first-order valence-electron chi connectivity index (χ1n) is 12.2. The topological polar surface area (TPSA) is 92.0 Å². The number of hydrogen-bond donors (Lipinski definition) is 3. The number of guanidine groups is 1. The first kappa shape index (κ1) is 29.5. The van der Waals surface area contributed by atoms with Gasteiger partial charge in [-0.25, -0.2) is 0 Å². The third-order valence-corrected chi connectivity index (χ3v) is 5.80. The van der Waals surface area contributed by atoms with Crippen LogP contribution in [0.3, 0.4) is 0 Å². The van der Waals surface area contributed by atoms with Crippen molar-refractivity contribution in [2.45, 2.75) is 59.4 Å². The van der Waals surface area contributed by atoms with E-state index in [0.29, 0.717) is 5.92 Å². The van der Waals surface area contributed by atoms with E-state index >= 15 is 0 Å². The number of ether oxygens (including phenoxy) is 1. The van der Waals surface area contributed by atoms with Gasteiger partial charge in [0, 0.05) is 19.0 Å². The van der Waals surface area contributed by atoms with Crippen molar-refractivity contribution in [3.8, 4) is 5.75 Å². The first-order valence-corrected chi connectivity index (χ1v) is 12.2. The zero-order chi connectivity index (χ0) is 23.3. The highest BCUT2D eigenvalue weighted by Crippen LogP contribution is 2.19. The molecule has 1 amide bonds. The van der Waals surface area contributed by atoms with Crippen LogP contribution in [-0.4, -0.2) is 56.1 Å². The molecule has 0 aliphatic carbocycles. The monoisotopic (exact) mass is 573 g/mol. The van der Waals surface area contributed by atoms with Crippen molar-refractivity contribution in [3.63, 3.8) is 0 Å². The minimum absolute atomic E-state index is 0. The fourth-order valence-electron chi connectivity index (χ4n) is 3.80. The van der Waals surface area contributed by atoms with Gasteiger partial charge in [-0.1, -0.05) is 26.0 Å². The fourth-order valence-corrected chi connectivity index (χ4v) is 3.80. The fraction of sp³-hybridized carbons (Fsp3) is 0.680. The number of primary amides is 1. The second kappa shape index (κ2) is 16.1. The molecule has 33 heavy (non-hydrogen) atoms. The van der Waals surface area contributed by atoms with E-state index in [-0.39, 0.29) is 41.8 Å². The molecule has 0 spiro atoms. The Morgan fingerprint density at radius 1 is 1.18 bits per heavy atom. The van der Waals surface area contributed by atoms with Crippen LogP contribution in [0.25, 0.3) is 0 Å². The molecule has 0 radical (unpaired) electrons. The van der Waals surface area contributed by atoms with Gasteiger partial charge in [0.25, 0.3) is 0 Å². The molecule has 2 rings (SSSR count). The predicted octanol–water partition coefficient (Wildman–Crippen LogP) is 3.93. The molecule has 1 saturated heterocycles. The number of carbonyl (C=O) groups is 1. The van der Waals surface area contributed by atoms with Gasteiger partial charge in [0.2, 0.25) is 5.91 Å². The quantitative estimate of drug-likeness (QED) is 0.153. The standard InChI is InChI=1S/C25H43N5O2.HI/c1-5-27-25(28-14-6-7-15-30-16-12-22(13-17-30)24(26)31)29-20(4)21-8-10-23(11-9-21)32-18-19(2)3;/h8-11,19-20,22H,5-7,12-18H2,1-4H3,(H2,26,31)(H2,27,28,29);1H. The van der Waals surface area contributed by atoms with E-state index < -0.39 is 0 Å². The Morgan fingerprint density at radius 3 is 2.42 bits per heavy atom. The lowest BCUT2D eigenvalue weighted by molar-refractivity contribution is -0.123. The molecular weight excluding hydrogens is 529 g/mol. The summed E-state index contributed by atoms with van der Waals surface area (Å²) in [7, 11) is 0. The number of nitrogens with zero attached hydrogens (tertiary/aromatic N) is 2. The summed E-state index contributed by atoms with van der Waals surface area (Å²) in [4.78, 5) is 18.5. The predicted molar refractivity (Wildman–Crippen MR) is 147 cm³/mol. The molecule has 4 N–H and O–H groups in total. The summed E-state index contributed by atoms with van der Waals surface area (Å²) in [6.07, 6.45) is 3.94. The number of carbonyl (C=O) groups excluding carboxylic acids is 1. The summed E-state index contributed by atoms with van der Waals surface area (Å²) in [5.74, 6) is 2.20. The van der Waals surface area contributed by atoms with Crippen LogP contribution in [0.15, 0.2) is 29.3 Å². The number of aliphatic imine (C=N–C) groups is 1. The van der Waals surface area contributed by atoms with Gasteiger partial charge in [-0.05, 0) is 82.8 Å². The van der Waals surface area contributed by atoms with Crippen molar-refractivity contribution >= 4 is 35.8 Å². The summed E-state index contributed by atoms with van der Waals surface area (Å²) >= 11 is 0. The zero-order valence-corrected chi connectivity index (χ0v) is 23.1. The molecule has 1 atom stereocenters. The molecular formula is C25H44IN5O2. The number of halogens is 1. The van der Waals surface area contributed by atoms with Gasteiger partial charge in [-0.3, -0.25) is 9.79 Å². The van der Waals surface area contributed by atoms with Crippen molar-refractivity contribution in [3.05, 3.63) is 29.8 Å². The molecule has 188 valence electrons. The first-order chi connectivity index (χ1) is 15.4. The summed E-state index contributed by atoms with van der Waals surface area (Å²) in [5, 5.41) is 6.85. The van der Waals surface area contributed by atoms with Gasteiger partial charge < -0.3 is 26.0 Å². The summed E-state index contributed by atoms with van der Waals surface area (Å²) in [5.41, 5.74) is 6.62. The molecule has 7 nitrogen and oxygen atoms in total. The third kappa shape index (κ3) is 11.4. The van der Waals surface area contributed by atoms with E-state index in [1.807, 2.05) is 12.1 Å². The molecule has 1 aromatic carbocycles. The van der Waals surface area contributed by atoms with Crippen molar-refractivity contribution in [1.82, 2.24) is 15.5 Å². The van der Waals surface area contributed by atoms with E-state index in [1.54, 1.807) is 0 Å². The molecule has 1 aliphatic rings. The molecule has 1 fully saturated rings. The van der Waals surface area contributed by atoms with Crippen molar-refractivity contribution < 1.29 is 9.53 Å². The maximum Gasteiger partial charge on any atom is 0.220 e. The van der Waals surface area contributed by atoms with Crippen LogP contribution in [0.2, 0.25) is 0 Å². The molecule has 0 bridgehead atoms. The third-order valence-electron chi connectivity index (χ3n) is 5.80. The van der Waals surface area contributed by atoms with E-state index in [2.05, 4.69) is 55.4 Å². The van der Waals surface area contributed by atoms with Crippen molar-refractivity contribution in [2.24, 2.45) is 22.6 Å². The number of hydrogen-bond acceptors (Lipinski definition) is 4. The van der Waals surface area contributed by atoms with Crippen molar-refractivity contribution in [1.29, 1.82) is 0 Å². The molecule has 1 heterocycles. The van der Waals surface area contributed by atoms with Crippen molar-refractivity contribution in [2.75, 3.05) is 39.3 Å². The van der Waals surface area contributed by atoms with Gasteiger partial charge in [-0.2, -0.15) is 0 Å². The maximum absolute atomic E-state index is 11.3. The zero-order valence-electron chi connectivity index (χ0n) is 20.8. The van der Waals surface area contributed by atoms with Gasteiger partial charge in [0.1, 0.15) is 5.75 Å². The van der Waals surface area contributed by atoms with E-state index in [9.17, 15) is 4.79 Å². The Hall–Kier alpha value is -1.55. The highest BCUT2D eigenvalue weighted by atomic mass is 127. The smallest absolute Gasteiger partial charge is 0.220 e. The lowest BCUT2D eigenvalue weighted by atomic mass is 9.96. The van der Waals surface area contributed by atoms with Gasteiger partial charge in [0.15, 0.2) is 5.96 Å². The Morgan fingerprint density at radius 2 is 1.85 bits per heavy atom. The van der Waals surface area contributed by atoms with Crippen LogP contribution in [0.1, 0.15) is 65.0 Å². The summed E-state index contributed by atoms with van der Waals surface area (Å²) in [6.45, 7) is 13.9. The summed E-state index contributed by atoms with van der Waals surface area (Å²) in [6, 6.07) is 8.44. The minimum Gasteiger partial charge on any atom is -0.493 e. The Kier molecular flexibility index (Phi) is 14.4. The van der Waals surface area contributed by atoms with Crippen LogP contribution in [-0.2, 0) is 4.79 Å². The lowest BCUT2D eigenvalue weighted by Gasteiger charge is -2.30. The van der Waals surface area contributed by atoms with Crippen LogP contribution in [0, 0.1) is 11.8 Å². The van der Waals surface area contributed by atoms with E-state index in [0.717, 1.165) is 76.7 Å². The van der Waals surface area contributed by atoms with Crippen LogP contribution < -0.4 is 21.1 Å². The SMILES string of the molecule is CCNC(=NCCCCN1CCC(C(N)=O)CC1)NC(C)c1ccc(OCC(C)C)cc1.I. The number of unbranched alkanes of at least 4 members (excludes halogenated alkanes) is 1. The average molecular weight is 574 g/mol. The normalized spacial score (nSPS) is 16.2. The number of nitrogens with one attached hydrogen (secondary N) is 2. The molecule has 8 heteroatoms. The Labute approximate surface area is 217 Å². The van der Waals surface area contributed by atoms with E-state index in [4.69, 9.17) is 15.5 Å². The highest BCUT2D eigenvalue weighted by Gasteiger charge is 2.22. The highest BCUT2D eigenvalue weighted by molar-refractivity contribution is 14.0. The average Bonchev–Trinajstić information content (AvgIpc) is 2.78. The van der Waals surface area contributed by atoms with Gasteiger partial charge in [0.05, 0.1) is 12.6 Å². The van der Waals surface area contributed by atoms with E-state index in [1.165, 1.54) is 5.56 Å². The van der Waals surface area contributed by atoms with Gasteiger partial charge >= 0.3 is 0 Å². The number of benzene rings is 1. The molecule has 1 unspecified atom stereocenters. The Bertz CT molecular complexity index is 703. The second-order valence-electron chi connectivity index (χ2n) is 9.13.